The van der Waals surface area contributed by atoms with Gasteiger partial charge in [0.05, 0.1) is 7.11 Å². The van der Waals surface area contributed by atoms with Gasteiger partial charge in [0, 0.05) is 6.42 Å². The number of carbonyl (C=O) groups excluding carboxylic acids is 2. The number of hydrogen-bond donors (Lipinski definition) is 1. The fourth-order valence-electron chi connectivity index (χ4n) is 2.75. The molecule has 0 bridgehead atoms. The molecule has 2 rings (SSSR count). The summed E-state index contributed by atoms with van der Waals surface area (Å²) in [4.78, 5) is 23.9. The van der Waals surface area contributed by atoms with E-state index in [-0.39, 0.29) is 11.9 Å². The molecule has 1 N–H and O–H groups in total. The Kier molecular flexibility index (Phi) is 6.36. The minimum Gasteiger partial charge on any atom is -0.467 e. The molecule has 2 aromatic rings. The maximum Gasteiger partial charge on any atom is 0.328 e. The lowest BCUT2D eigenvalue weighted by Gasteiger charge is -2.18. The van der Waals surface area contributed by atoms with Crippen molar-refractivity contribution in [2.45, 2.75) is 39.2 Å². The van der Waals surface area contributed by atoms with Crippen molar-refractivity contribution in [2.24, 2.45) is 5.92 Å². The number of rotatable bonds is 7. The molecule has 4 heteroatoms. The molecule has 2 aromatic carbocycles. The van der Waals surface area contributed by atoms with Gasteiger partial charge >= 0.3 is 5.97 Å². The van der Waals surface area contributed by atoms with Gasteiger partial charge in [0.2, 0.25) is 5.91 Å². The smallest absolute Gasteiger partial charge is 0.328 e. The van der Waals surface area contributed by atoms with Gasteiger partial charge in [-0.3, -0.25) is 4.79 Å². The first-order valence-electron chi connectivity index (χ1n) is 8.34. The standard InChI is InChI=1S/C20H25NO3/c1-14(2)12-18(20(23)24-3)21-19(22)11-9-15-8-10-16-6-4-5-7-17(16)13-15/h4-8,10,13-14,18H,9,11-12H2,1-3H3,(H,21,22)/t18-/m1/s1. The Balaban J connectivity index is 1.94. The van der Waals surface area contributed by atoms with E-state index in [2.05, 4.69) is 29.6 Å². The van der Waals surface area contributed by atoms with Crippen LogP contribution in [0.15, 0.2) is 42.5 Å². The summed E-state index contributed by atoms with van der Waals surface area (Å²) in [5.74, 6) is -0.211. The summed E-state index contributed by atoms with van der Waals surface area (Å²) in [6.45, 7) is 4.02. The Hall–Kier alpha value is -2.36. The predicted molar refractivity (Wildman–Crippen MR) is 95.7 cm³/mol. The highest BCUT2D eigenvalue weighted by Crippen LogP contribution is 2.16. The van der Waals surface area contributed by atoms with Gasteiger partial charge in [-0.1, -0.05) is 56.3 Å². The van der Waals surface area contributed by atoms with Gasteiger partial charge in [0.15, 0.2) is 0 Å². The Bertz CT molecular complexity index is 709. The van der Waals surface area contributed by atoms with Gasteiger partial charge in [-0.05, 0) is 35.1 Å². The van der Waals surface area contributed by atoms with Crippen molar-refractivity contribution >= 4 is 22.6 Å². The molecule has 0 aromatic heterocycles. The Morgan fingerprint density at radius 2 is 1.79 bits per heavy atom. The van der Waals surface area contributed by atoms with Crippen molar-refractivity contribution in [3.8, 4) is 0 Å². The lowest BCUT2D eigenvalue weighted by molar-refractivity contribution is -0.145. The molecule has 0 spiro atoms. The first-order valence-corrected chi connectivity index (χ1v) is 8.34. The van der Waals surface area contributed by atoms with E-state index < -0.39 is 6.04 Å². The summed E-state index contributed by atoms with van der Waals surface area (Å²) >= 11 is 0. The molecule has 0 saturated heterocycles. The van der Waals surface area contributed by atoms with Crippen molar-refractivity contribution < 1.29 is 14.3 Å². The van der Waals surface area contributed by atoms with Gasteiger partial charge in [0.1, 0.15) is 6.04 Å². The molecule has 4 nitrogen and oxygen atoms in total. The predicted octanol–water partition coefficient (Wildman–Crippen LogP) is 3.48. The van der Waals surface area contributed by atoms with Crippen LogP contribution < -0.4 is 5.32 Å². The Morgan fingerprint density at radius 1 is 1.08 bits per heavy atom. The number of nitrogens with one attached hydrogen (secondary N) is 1. The van der Waals surface area contributed by atoms with E-state index in [0.717, 1.165) is 5.56 Å². The highest BCUT2D eigenvalue weighted by molar-refractivity contribution is 5.85. The lowest BCUT2D eigenvalue weighted by atomic mass is 10.0. The summed E-state index contributed by atoms with van der Waals surface area (Å²) in [7, 11) is 1.34. The van der Waals surface area contributed by atoms with Crippen LogP contribution in [-0.4, -0.2) is 25.0 Å². The third-order valence-corrected chi connectivity index (χ3v) is 3.98. The van der Waals surface area contributed by atoms with Gasteiger partial charge in [-0.15, -0.1) is 0 Å². The maximum atomic E-state index is 12.2. The van der Waals surface area contributed by atoms with Gasteiger partial charge in [-0.25, -0.2) is 4.79 Å². The average molecular weight is 327 g/mol. The van der Waals surface area contributed by atoms with E-state index in [9.17, 15) is 9.59 Å². The first kappa shape index (κ1) is 18.0. The van der Waals surface area contributed by atoms with Crippen molar-refractivity contribution in [2.75, 3.05) is 7.11 Å². The first-order chi connectivity index (χ1) is 11.5. The summed E-state index contributed by atoms with van der Waals surface area (Å²) in [6, 6.07) is 13.8. The van der Waals surface area contributed by atoms with E-state index in [0.29, 0.717) is 25.2 Å². The molecule has 0 unspecified atom stereocenters. The number of fused-ring (bicyclic) bond motifs is 1. The second-order valence-electron chi connectivity index (χ2n) is 6.45. The zero-order valence-electron chi connectivity index (χ0n) is 14.5. The number of methoxy groups -OCH3 is 1. The number of ether oxygens (including phenoxy) is 1. The van der Waals surface area contributed by atoms with Gasteiger partial charge in [-0.2, -0.15) is 0 Å². The zero-order valence-corrected chi connectivity index (χ0v) is 14.5. The van der Waals surface area contributed by atoms with E-state index in [1.165, 1.54) is 17.9 Å². The quantitative estimate of drug-likeness (QED) is 0.792. The van der Waals surface area contributed by atoms with E-state index in [1.807, 2.05) is 32.0 Å². The second kappa shape index (κ2) is 8.48. The number of benzene rings is 2. The van der Waals surface area contributed by atoms with E-state index in [1.54, 1.807) is 0 Å². The molecule has 0 aliphatic heterocycles. The van der Waals surface area contributed by atoms with Gasteiger partial charge in [0.25, 0.3) is 0 Å². The van der Waals surface area contributed by atoms with Crippen LogP contribution >= 0.6 is 0 Å². The SMILES string of the molecule is COC(=O)[C@@H](CC(C)C)NC(=O)CCc1ccc2ccccc2c1. The van der Waals surface area contributed by atoms with Crippen LogP contribution in [0.1, 0.15) is 32.3 Å². The molecule has 0 aliphatic rings. The summed E-state index contributed by atoms with van der Waals surface area (Å²) in [6.07, 6.45) is 1.57. The second-order valence-corrected chi connectivity index (χ2v) is 6.45. The molecule has 0 aliphatic carbocycles. The maximum absolute atomic E-state index is 12.2. The van der Waals surface area contributed by atoms with Crippen LogP contribution in [0.4, 0.5) is 0 Å². The molecular formula is C20H25NO3. The highest BCUT2D eigenvalue weighted by atomic mass is 16.5. The van der Waals surface area contributed by atoms with Crippen LogP contribution in [0.3, 0.4) is 0 Å². The summed E-state index contributed by atoms with van der Waals surface area (Å²) < 4.78 is 4.77. The summed E-state index contributed by atoms with van der Waals surface area (Å²) in [5, 5.41) is 5.15. The van der Waals surface area contributed by atoms with E-state index >= 15 is 0 Å². The van der Waals surface area contributed by atoms with Gasteiger partial charge < -0.3 is 10.1 Å². The van der Waals surface area contributed by atoms with Crippen molar-refractivity contribution in [1.29, 1.82) is 0 Å². The largest absolute Gasteiger partial charge is 0.467 e. The number of hydrogen-bond acceptors (Lipinski definition) is 3. The van der Waals surface area contributed by atoms with E-state index in [4.69, 9.17) is 4.74 Å². The van der Waals surface area contributed by atoms with Crippen molar-refractivity contribution in [1.82, 2.24) is 5.32 Å². The highest BCUT2D eigenvalue weighted by Gasteiger charge is 2.22. The normalized spacial score (nSPS) is 12.2. The molecule has 128 valence electrons. The molecule has 24 heavy (non-hydrogen) atoms. The average Bonchev–Trinajstić information content (AvgIpc) is 2.58. The fraction of sp³-hybridized carbons (Fsp3) is 0.400. The third-order valence-electron chi connectivity index (χ3n) is 3.98. The minimum atomic E-state index is -0.570. The lowest BCUT2D eigenvalue weighted by Crippen LogP contribution is -2.42. The van der Waals surface area contributed by atoms with Crippen LogP contribution in [0, 0.1) is 5.92 Å². The zero-order chi connectivity index (χ0) is 17.5. The Morgan fingerprint density at radius 3 is 2.46 bits per heavy atom. The fourth-order valence-corrected chi connectivity index (χ4v) is 2.75. The van der Waals surface area contributed by atoms with Crippen molar-refractivity contribution in [3.05, 3.63) is 48.0 Å². The number of amides is 1. The monoisotopic (exact) mass is 327 g/mol. The minimum absolute atomic E-state index is 0.126. The van der Waals surface area contributed by atoms with Crippen molar-refractivity contribution in [3.63, 3.8) is 0 Å². The van der Waals surface area contributed by atoms with Crippen LogP contribution in [0.25, 0.3) is 10.8 Å². The molecular weight excluding hydrogens is 302 g/mol. The number of carbonyl (C=O) groups is 2. The molecule has 1 atom stereocenters. The number of esters is 1. The van der Waals surface area contributed by atoms with Crippen LogP contribution in [0.2, 0.25) is 0 Å². The topological polar surface area (TPSA) is 55.4 Å². The molecule has 1 amide bonds. The molecule has 0 fully saturated rings. The third kappa shape index (κ3) is 5.08. The Labute approximate surface area is 143 Å². The van der Waals surface area contributed by atoms with Crippen LogP contribution in [-0.2, 0) is 20.7 Å². The molecule has 0 heterocycles. The molecule has 0 radical (unpaired) electrons. The summed E-state index contributed by atoms with van der Waals surface area (Å²) in [5.41, 5.74) is 1.11. The number of aryl methyl sites for hydroxylation is 1. The van der Waals surface area contributed by atoms with Crippen LogP contribution in [0.5, 0.6) is 0 Å². The molecule has 0 saturated carbocycles.